The lowest BCUT2D eigenvalue weighted by molar-refractivity contribution is -0.145. The van der Waals surface area contributed by atoms with Crippen molar-refractivity contribution in [2.45, 2.75) is 12.5 Å². The van der Waals surface area contributed by atoms with E-state index in [2.05, 4.69) is 0 Å². The van der Waals surface area contributed by atoms with E-state index < -0.39 is 12.0 Å². The van der Waals surface area contributed by atoms with Gasteiger partial charge >= 0.3 is 5.97 Å². The number of thiocarbonyl (C=S) groups is 1. The molecule has 0 aliphatic carbocycles. The summed E-state index contributed by atoms with van der Waals surface area (Å²) in [5, 5.41) is 9.70. The predicted octanol–water partition coefficient (Wildman–Crippen LogP) is 3.65. The number of hydrogen-bond donors (Lipinski definition) is 1. The molecule has 1 N–H and O–H groups in total. The lowest BCUT2D eigenvalue weighted by Crippen LogP contribution is -2.45. The van der Waals surface area contributed by atoms with E-state index in [-0.39, 0.29) is 16.6 Å². The third-order valence-corrected chi connectivity index (χ3v) is 5.73. The predicted molar refractivity (Wildman–Crippen MR) is 117 cm³/mol. The number of carbonyl (C=O) groups is 2. The molecule has 0 bridgehead atoms. The molecule has 1 heterocycles. The second-order valence-electron chi connectivity index (χ2n) is 6.58. The monoisotopic (exact) mass is 412 g/mol. The van der Waals surface area contributed by atoms with Gasteiger partial charge in [-0.1, -0.05) is 66.4 Å². The Morgan fingerprint density at radius 3 is 2.39 bits per heavy atom. The van der Waals surface area contributed by atoms with Gasteiger partial charge in [-0.05, 0) is 29.3 Å². The SMILES string of the molecule is CN(C)c1ccc(/C=C2\SC(=S)N([C@@H](Cc3ccccc3)C(=O)O)C2=O)cc1. The van der Waals surface area contributed by atoms with Crippen LogP contribution in [0.15, 0.2) is 59.5 Å². The summed E-state index contributed by atoms with van der Waals surface area (Å²) in [6.07, 6.45) is 1.95. The second-order valence-corrected chi connectivity index (χ2v) is 8.26. The van der Waals surface area contributed by atoms with Crippen LogP contribution in [-0.2, 0) is 16.0 Å². The third-order valence-electron chi connectivity index (χ3n) is 4.40. The van der Waals surface area contributed by atoms with Crippen LogP contribution in [0, 0.1) is 0 Å². The molecule has 0 radical (unpaired) electrons. The van der Waals surface area contributed by atoms with Crippen LogP contribution < -0.4 is 4.90 Å². The van der Waals surface area contributed by atoms with Crippen LogP contribution in [0.3, 0.4) is 0 Å². The van der Waals surface area contributed by atoms with Crippen LogP contribution in [0.5, 0.6) is 0 Å². The molecule has 1 saturated heterocycles. The van der Waals surface area contributed by atoms with Crippen LogP contribution in [0.25, 0.3) is 6.08 Å². The molecule has 1 aliphatic heterocycles. The maximum absolute atomic E-state index is 12.9. The van der Waals surface area contributed by atoms with Crippen LogP contribution in [-0.4, -0.2) is 46.3 Å². The number of aliphatic carboxylic acids is 1. The smallest absolute Gasteiger partial charge is 0.327 e. The molecule has 2 aromatic carbocycles. The number of anilines is 1. The number of carboxylic acid groups (broad SMARTS) is 1. The normalized spacial score (nSPS) is 16.5. The first-order valence-electron chi connectivity index (χ1n) is 8.68. The lowest BCUT2D eigenvalue weighted by atomic mass is 10.0. The summed E-state index contributed by atoms with van der Waals surface area (Å²) in [6.45, 7) is 0. The molecule has 1 aliphatic rings. The van der Waals surface area contributed by atoms with Gasteiger partial charge in [-0.2, -0.15) is 0 Å². The van der Waals surface area contributed by atoms with Crippen LogP contribution in [0.4, 0.5) is 5.69 Å². The fraction of sp³-hybridized carbons (Fsp3) is 0.190. The zero-order valence-corrected chi connectivity index (χ0v) is 17.2. The summed E-state index contributed by atoms with van der Waals surface area (Å²) >= 11 is 6.47. The summed E-state index contributed by atoms with van der Waals surface area (Å²) in [5.74, 6) is -1.44. The van der Waals surface area contributed by atoms with Crippen molar-refractivity contribution in [2.24, 2.45) is 0 Å². The quantitative estimate of drug-likeness (QED) is 0.577. The molecule has 1 atom stereocenters. The average Bonchev–Trinajstić information content (AvgIpc) is 2.94. The number of amides is 1. The molecular weight excluding hydrogens is 392 g/mol. The molecule has 0 aromatic heterocycles. The minimum atomic E-state index is -1.07. The van der Waals surface area contributed by atoms with E-state index in [0.29, 0.717) is 4.91 Å². The topological polar surface area (TPSA) is 60.9 Å². The van der Waals surface area contributed by atoms with Gasteiger partial charge < -0.3 is 10.0 Å². The first-order valence-corrected chi connectivity index (χ1v) is 9.90. The molecule has 3 rings (SSSR count). The summed E-state index contributed by atoms with van der Waals surface area (Å²) in [7, 11) is 3.91. The van der Waals surface area contributed by atoms with Gasteiger partial charge in [0.15, 0.2) is 0 Å². The van der Waals surface area contributed by atoms with Crippen LogP contribution in [0.1, 0.15) is 11.1 Å². The summed E-state index contributed by atoms with van der Waals surface area (Å²) < 4.78 is 0.268. The van der Waals surface area contributed by atoms with Crippen molar-refractivity contribution >= 4 is 51.9 Å². The molecule has 5 nitrogen and oxygen atoms in total. The van der Waals surface area contributed by atoms with Crippen molar-refractivity contribution < 1.29 is 14.7 Å². The van der Waals surface area contributed by atoms with Gasteiger partial charge in [0.1, 0.15) is 10.4 Å². The van der Waals surface area contributed by atoms with Crippen LogP contribution in [0.2, 0.25) is 0 Å². The van der Waals surface area contributed by atoms with Crippen molar-refractivity contribution in [3.05, 3.63) is 70.6 Å². The van der Waals surface area contributed by atoms with Crippen molar-refractivity contribution in [3.8, 4) is 0 Å². The maximum Gasteiger partial charge on any atom is 0.327 e. The van der Waals surface area contributed by atoms with Crippen molar-refractivity contribution in [1.29, 1.82) is 0 Å². The third kappa shape index (κ3) is 4.43. The Morgan fingerprint density at radius 2 is 1.82 bits per heavy atom. The molecule has 144 valence electrons. The largest absolute Gasteiger partial charge is 0.480 e. The van der Waals surface area contributed by atoms with Crippen molar-refractivity contribution in [1.82, 2.24) is 4.90 Å². The van der Waals surface area contributed by atoms with Gasteiger partial charge in [0.25, 0.3) is 5.91 Å². The highest BCUT2D eigenvalue weighted by Gasteiger charge is 2.40. The molecule has 28 heavy (non-hydrogen) atoms. The maximum atomic E-state index is 12.9. The lowest BCUT2D eigenvalue weighted by Gasteiger charge is -2.23. The average molecular weight is 413 g/mol. The van der Waals surface area contributed by atoms with Crippen LogP contribution >= 0.6 is 24.0 Å². The van der Waals surface area contributed by atoms with Crippen molar-refractivity contribution in [3.63, 3.8) is 0 Å². The molecule has 0 spiro atoms. The molecular formula is C21H20N2O3S2. The van der Waals surface area contributed by atoms with E-state index in [1.165, 1.54) is 4.90 Å². The van der Waals surface area contributed by atoms with E-state index in [4.69, 9.17) is 12.2 Å². The molecule has 1 amide bonds. The number of nitrogens with zero attached hydrogens (tertiary/aromatic N) is 2. The van der Waals surface area contributed by atoms with Gasteiger partial charge in [0, 0.05) is 26.2 Å². The Hall–Kier alpha value is -2.64. The van der Waals surface area contributed by atoms with Gasteiger partial charge in [0.2, 0.25) is 0 Å². The fourth-order valence-corrected chi connectivity index (χ4v) is 4.25. The Morgan fingerprint density at radius 1 is 1.18 bits per heavy atom. The number of carboxylic acids is 1. The number of rotatable bonds is 6. The second kappa shape index (κ2) is 8.58. The fourth-order valence-electron chi connectivity index (χ4n) is 2.89. The zero-order chi connectivity index (χ0) is 20.3. The number of benzene rings is 2. The molecule has 7 heteroatoms. The zero-order valence-electron chi connectivity index (χ0n) is 15.5. The Bertz CT molecular complexity index is 924. The summed E-state index contributed by atoms with van der Waals surface area (Å²) in [6, 6.07) is 16.0. The standard InChI is InChI=1S/C21H20N2O3S2/c1-22(2)16-10-8-15(9-11-16)13-18-19(24)23(21(27)28-18)17(20(25)26)12-14-6-4-3-5-7-14/h3-11,13,17H,12H2,1-2H3,(H,25,26)/b18-13-/t17-/m0/s1. The highest BCUT2D eigenvalue weighted by molar-refractivity contribution is 8.26. The summed E-state index contributed by atoms with van der Waals surface area (Å²) in [4.78, 5) is 28.4. The number of carbonyl (C=O) groups excluding carboxylic acids is 1. The highest BCUT2D eigenvalue weighted by Crippen LogP contribution is 2.35. The van der Waals surface area contributed by atoms with E-state index in [9.17, 15) is 14.7 Å². The van der Waals surface area contributed by atoms with Gasteiger partial charge in [-0.15, -0.1) is 0 Å². The molecule has 0 unspecified atom stereocenters. The van der Waals surface area contributed by atoms with Gasteiger partial charge in [-0.3, -0.25) is 9.69 Å². The van der Waals surface area contributed by atoms with E-state index in [1.807, 2.05) is 73.6 Å². The number of hydrogen-bond acceptors (Lipinski definition) is 5. The molecule has 0 saturated carbocycles. The van der Waals surface area contributed by atoms with E-state index in [0.717, 1.165) is 28.6 Å². The first-order chi connectivity index (χ1) is 13.4. The minimum Gasteiger partial charge on any atom is -0.480 e. The molecule has 1 fully saturated rings. The highest BCUT2D eigenvalue weighted by atomic mass is 32.2. The van der Waals surface area contributed by atoms with Gasteiger partial charge in [0.05, 0.1) is 4.91 Å². The van der Waals surface area contributed by atoms with E-state index in [1.54, 1.807) is 6.08 Å². The number of thioether (sulfide) groups is 1. The first kappa shape index (κ1) is 20.1. The Labute approximate surface area is 173 Å². The van der Waals surface area contributed by atoms with Gasteiger partial charge in [-0.25, -0.2) is 4.79 Å². The molecule has 2 aromatic rings. The van der Waals surface area contributed by atoms with E-state index >= 15 is 0 Å². The Kier molecular flexibility index (Phi) is 6.16. The van der Waals surface area contributed by atoms with Crippen molar-refractivity contribution in [2.75, 3.05) is 19.0 Å². The summed E-state index contributed by atoms with van der Waals surface area (Å²) in [5.41, 5.74) is 2.76. The Balaban J connectivity index is 1.84. The minimum absolute atomic E-state index is 0.202.